The van der Waals surface area contributed by atoms with Crippen molar-refractivity contribution in [2.45, 2.75) is 52.4 Å². The molecule has 1 aliphatic rings. The van der Waals surface area contributed by atoms with Crippen LogP contribution in [0.2, 0.25) is 0 Å². The number of benzene rings is 1. The molecule has 0 aliphatic carbocycles. The highest BCUT2D eigenvalue weighted by Gasteiger charge is 2.24. The second-order valence-corrected chi connectivity index (χ2v) is 5.05. The number of carbonyl (C=O) groups is 1. The van der Waals surface area contributed by atoms with Crippen LogP contribution < -0.4 is 4.74 Å². The standard InChI is InChI=1S/C16H22O2/c1-4-6-13-9-14-11(3)15(17)7-8-18-16(14)10-12(13)5-2/h9-11H,4-8H2,1-3H3. The maximum atomic E-state index is 11.9. The van der Waals surface area contributed by atoms with Gasteiger partial charge < -0.3 is 4.74 Å². The molecule has 0 radical (unpaired) electrons. The summed E-state index contributed by atoms with van der Waals surface area (Å²) < 4.78 is 5.74. The van der Waals surface area contributed by atoms with Gasteiger partial charge in [0.15, 0.2) is 0 Å². The van der Waals surface area contributed by atoms with Crippen LogP contribution in [0.3, 0.4) is 0 Å². The number of Topliss-reactive ketones (excluding diaryl/α,β-unsaturated/α-hetero) is 1. The zero-order valence-corrected chi connectivity index (χ0v) is 11.6. The third-order valence-corrected chi connectivity index (χ3v) is 3.79. The third-order valence-electron chi connectivity index (χ3n) is 3.79. The average molecular weight is 246 g/mol. The van der Waals surface area contributed by atoms with Crippen LogP contribution in [0.15, 0.2) is 12.1 Å². The van der Waals surface area contributed by atoms with E-state index in [1.54, 1.807) is 0 Å². The number of carbonyl (C=O) groups excluding carboxylic acids is 1. The Kier molecular flexibility index (Phi) is 4.05. The van der Waals surface area contributed by atoms with E-state index in [0.29, 0.717) is 18.8 Å². The molecular formula is C16H22O2. The zero-order valence-electron chi connectivity index (χ0n) is 11.6. The first-order valence-corrected chi connectivity index (χ1v) is 6.98. The van der Waals surface area contributed by atoms with E-state index < -0.39 is 0 Å². The molecule has 0 spiro atoms. The highest BCUT2D eigenvalue weighted by atomic mass is 16.5. The number of aryl methyl sites for hydroxylation is 2. The first-order valence-electron chi connectivity index (χ1n) is 6.98. The van der Waals surface area contributed by atoms with Crippen LogP contribution in [0.25, 0.3) is 0 Å². The van der Waals surface area contributed by atoms with Gasteiger partial charge in [0.1, 0.15) is 11.5 Å². The predicted molar refractivity (Wildman–Crippen MR) is 73.3 cm³/mol. The Morgan fingerprint density at radius 2 is 2.06 bits per heavy atom. The smallest absolute Gasteiger partial charge is 0.143 e. The molecule has 2 nitrogen and oxygen atoms in total. The molecule has 98 valence electrons. The molecule has 1 unspecified atom stereocenters. The first kappa shape index (κ1) is 13.1. The van der Waals surface area contributed by atoms with Gasteiger partial charge in [-0.05, 0) is 30.0 Å². The second kappa shape index (κ2) is 5.55. The van der Waals surface area contributed by atoms with E-state index in [-0.39, 0.29) is 5.92 Å². The fourth-order valence-corrected chi connectivity index (χ4v) is 2.63. The van der Waals surface area contributed by atoms with E-state index in [2.05, 4.69) is 26.0 Å². The molecule has 1 atom stereocenters. The van der Waals surface area contributed by atoms with Gasteiger partial charge in [0.2, 0.25) is 0 Å². The van der Waals surface area contributed by atoms with Crippen LogP contribution >= 0.6 is 0 Å². The summed E-state index contributed by atoms with van der Waals surface area (Å²) in [5.41, 5.74) is 3.82. The van der Waals surface area contributed by atoms with Gasteiger partial charge >= 0.3 is 0 Å². The first-order chi connectivity index (χ1) is 8.67. The molecule has 0 amide bonds. The molecule has 1 aromatic rings. The molecule has 0 saturated carbocycles. The predicted octanol–water partition coefficient (Wildman–Crippen LogP) is 3.66. The molecule has 2 rings (SSSR count). The summed E-state index contributed by atoms with van der Waals surface area (Å²) in [7, 11) is 0. The molecule has 0 saturated heterocycles. The lowest BCUT2D eigenvalue weighted by Crippen LogP contribution is -2.08. The largest absolute Gasteiger partial charge is 0.493 e. The highest BCUT2D eigenvalue weighted by molar-refractivity contribution is 5.86. The monoisotopic (exact) mass is 246 g/mol. The van der Waals surface area contributed by atoms with Crippen molar-refractivity contribution in [2.24, 2.45) is 0 Å². The summed E-state index contributed by atoms with van der Waals surface area (Å²) in [5, 5.41) is 0. The van der Waals surface area contributed by atoms with Crippen molar-refractivity contribution in [3.63, 3.8) is 0 Å². The fourth-order valence-electron chi connectivity index (χ4n) is 2.63. The SMILES string of the molecule is CCCc1cc2c(cc1CC)OCCC(=O)C2C. The minimum Gasteiger partial charge on any atom is -0.493 e. The minimum absolute atomic E-state index is 0.0241. The van der Waals surface area contributed by atoms with Crippen LogP contribution in [0.5, 0.6) is 5.75 Å². The van der Waals surface area contributed by atoms with Crippen LogP contribution in [-0.2, 0) is 17.6 Å². The number of hydrogen-bond donors (Lipinski definition) is 0. The summed E-state index contributed by atoms with van der Waals surface area (Å²) >= 11 is 0. The molecule has 1 aromatic carbocycles. The molecular weight excluding hydrogens is 224 g/mol. The number of rotatable bonds is 3. The van der Waals surface area contributed by atoms with E-state index in [1.807, 2.05) is 6.92 Å². The molecule has 1 aliphatic heterocycles. The molecule has 1 heterocycles. The Morgan fingerprint density at radius 1 is 1.28 bits per heavy atom. The lowest BCUT2D eigenvalue weighted by atomic mass is 9.90. The summed E-state index contributed by atoms with van der Waals surface area (Å²) in [4.78, 5) is 11.9. The molecule has 0 fully saturated rings. The molecule has 18 heavy (non-hydrogen) atoms. The Labute approximate surface area is 109 Å². The van der Waals surface area contributed by atoms with Gasteiger partial charge in [0.25, 0.3) is 0 Å². The van der Waals surface area contributed by atoms with Crippen molar-refractivity contribution in [1.29, 1.82) is 0 Å². The molecule has 0 aromatic heterocycles. The molecule has 0 N–H and O–H groups in total. The number of ether oxygens (including phenoxy) is 1. The Bertz CT molecular complexity index is 449. The van der Waals surface area contributed by atoms with E-state index in [4.69, 9.17) is 4.74 Å². The van der Waals surface area contributed by atoms with Crippen LogP contribution in [-0.4, -0.2) is 12.4 Å². The summed E-state index contributed by atoms with van der Waals surface area (Å²) in [5.74, 6) is 1.19. The lowest BCUT2D eigenvalue weighted by Gasteiger charge is -2.16. The third kappa shape index (κ3) is 2.43. The van der Waals surface area contributed by atoms with Gasteiger partial charge in [-0.2, -0.15) is 0 Å². The Morgan fingerprint density at radius 3 is 2.72 bits per heavy atom. The van der Waals surface area contributed by atoms with Gasteiger partial charge in [-0.3, -0.25) is 4.79 Å². The minimum atomic E-state index is -0.0241. The molecule has 0 bridgehead atoms. The van der Waals surface area contributed by atoms with Crippen LogP contribution in [0, 0.1) is 0 Å². The summed E-state index contributed by atoms with van der Waals surface area (Å²) in [6.07, 6.45) is 3.76. The van der Waals surface area contributed by atoms with E-state index in [1.165, 1.54) is 11.1 Å². The maximum Gasteiger partial charge on any atom is 0.143 e. The summed E-state index contributed by atoms with van der Waals surface area (Å²) in [6, 6.07) is 4.35. The normalized spacial score (nSPS) is 19.1. The van der Waals surface area contributed by atoms with Gasteiger partial charge in [0.05, 0.1) is 6.61 Å². The van der Waals surface area contributed by atoms with Crippen molar-refractivity contribution < 1.29 is 9.53 Å². The van der Waals surface area contributed by atoms with Crippen LogP contribution in [0.1, 0.15) is 56.2 Å². The van der Waals surface area contributed by atoms with Gasteiger partial charge in [-0.1, -0.05) is 33.3 Å². The topological polar surface area (TPSA) is 26.3 Å². The highest BCUT2D eigenvalue weighted by Crippen LogP contribution is 2.34. The van der Waals surface area contributed by atoms with Crippen molar-refractivity contribution in [2.75, 3.05) is 6.61 Å². The van der Waals surface area contributed by atoms with E-state index >= 15 is 0 Å². The van der Waals surface area contributed by atoms with Crippen molar-refractivity contribution in [3.05, 3.63) is 28.8 Å². The lowest BCUT2D eigenvalue weighted by molar-refractivity contribution is -0.120. The van der Waals surface area contributed by atoms with Crippen molar-refractivity contribution in [3.8, 4) is 5.75 Å². The summed E-state index contributed by atoms with van der Waals surface area (Å²) in [6.45, 7) is 6.88. The zero-order chi connectivity index (χ0) is 13.1. The average Bonchev–Trinajstić information content (AvgIpc) is 2.50. The maximum absolute atomic E-state index is 11.9. The number of hydrogen-bond acceptors (Lipinski definition) is 2. The quantitative estimate of drug-likeness (QED) is 0.813. The van der Waals surface area contributed by atoms with Gasteiger partial charge in [-0.25, -0.2) is 0 Å². The Balaban J connectivity index is 2.48. The molecule has 2 heteroatoms. The Hall–Kier alpha value is -1.31. The van der Waals surface area contributed by atoms with E-state index in [0.717, 1.165) is 30.6 Å². The van der Waals surface area contributed by atoms with E-state index in [9.17, 15) is 4.79 Å². The van der Waals surface area contributed by atoms with Crippen molar-refractivity contribution >= 4 is 5.78 Å². The van der Waals surface area contributed by atoms with Crippen molar-refractivity contribution in [1.82, 2.24) is 0 Å². The fraction of sp³-hybridized carbons (Fsp3) is 0.562. The van der Waals surface area contributed by atoms with Gasteiger partial charge in [-0.15, -0.1) is 0 Å². The van der Waals surface area contributed by atoms with Crippen LogP contribution in [0.4, 0.5) is 0 Å². The number of fused-ring (bicyclic) bond motifs is 1. The number of ketones is 1. The van der Waals surface area contributed by atoms with Gasteiger partial charge in [0, 0.05) is 17.9 Å². The second-order valence-electron chi connectivity index (χ2n) is 5.05.